The van der Waals surface area contributed by atoms with Gasteiger partial charge in [0.05, 0.1) is 4.90 Å². The summed E-state index contributed by atoms with van der Waals surface area (Å²) in [5.74, 6) is -1.72. The molecule has 136 valence electrons. The molecule has 2 N–H and O–H groups in total. The number of amides is 1. The first-order chi connectivity index (χ1) is 11.0. The molecule has 1 aromatic carbocycles. The van der Waals surface area contributed by atoms with Gasteiger partial charge in [-0.1, -0.05) is 27.7 Å². The molecule has 24 heavy (non-hydrogen) atoms. The standard InChI is InChI=1S/C16H25FN2O4S/c1-10(2)9-19(15(11(3)4)16(20)18-21)24(22,23)13-6-7-14(17)12(5)8-13/h6-8,10-11,15,21H,9H2,1-5H3,(H,18,20)/t15-/m1/s1. The molecule has 0 bridgehead atoms. The maximum atomic E-state index is 13.5. The van der Waals surface area contributed by atoms with Gasteiger partial charge in [-0.2, -0.15) is 4.31 Å². The number of nitrogens with zero attached hydrogens (tertiary/aromatic N) is 1. The number of sulfonamides is 1. The number of rotatable bonds is 7. The van der Waals surface area contributed by atoms with E-state index in [0.717, 1.165) is 10.4 Å². The number of carbonyl (C=O) groups is 1. The average molecular weight is 360 g/mol. The summed E-state index contributed by atoms with van der Waals surface area (Å²) in [5.41, 5.74) is 1.74. The molecule has 1 rings (SSSR count). The van der Waals surface area contributed by atoms with Crippen molar-refractivity contribution in [2.75, 3.05) is 6.54 Å². The van der Waals surface area contributed by atoms with Gasteiger partial charge in [-0.3, -0.25) is 10.0 Å². The molecule has 0 radical (unpaired) electrons. The summed E-state index contributed by atoms with van der Waals surface area (Å²) in [6.07, 6.45) is 0. The number of aryl methyl sites for hydroxylation is 1. The van der Waals surface area contributed by atoms with Gasteiger partial charge in [0.1, 0.15) is 11.9 Å². The highest BCUT2D eigenvalue weighted by atomic mass is 32.2. The van der Waals surface area contributed by atoms with E-state index in [1.807, 2.05) is 13.8 Å². The minimum absolute atomic E-state index is 0.0472. The Morgan fingerprint density at radius 3 is 2.29 bits per heavy atom. The van der Waals surface area contributed by atoms with Gasteiger partial charge >= 0.3 is 0 Å². The van der Waals surface area contributed by atoms with Gasteiger partial charge in [-0.25, -0.2) is 18.3 Å². The Balaban J connectivity index is 3.46. The number of hydrogen-bond donors (Lipinski definition) is 2. The van der Waals surface area contributed by atoms with Crippen molar-refractivity contribution in [2.45, 2.75) is 45.6 Å². The van der Waals surface area contributed by atoms with Crippen molar-refractivity contribution in [2.24, 2.45) is 11.8 Å². The molecule has 0 aromatic heterocycles. The zero-order valence-corrected chi connectivity index (χ0v) is 15.4. The average Bonchev–Trinajstić information content (AvgIpc) is 2.48. The Bertz CT molecular complexity index is 689. The SMILES string of the molecule is Cc1cc(S(=O)(=O)N(CC(C)C)[C@@H](C(=O)NO)C(C)C)ccc1F. The Kier molecular flexibility index (Phi) is 6.88. The molecule has 0 saturated heterocycles. The third-order valence-corrected chi connectivity index (χ3v) is 5.44. The summed E-state index contributed by atoms with van der Waals surface area (Å²) in [6.45, 7) is 8.60. The van der Waals surface area contributed by atoms with Crippen molar-refractivity contribution in [3.63, 3.8) is 0 Å². The lowest BCUT2D eigenvalue weighted by molar-refractivity contribution is -0.134. The minimum atomic E-state index is -4.04. The van der Waals surface area contributed by atoms with Crippen LogP contribution in [0.4, 0.5) is 4.39 Å². The highest BCUT2D eigenvalue weighted by molar-refractivity contribution is 7.89. The Morgan fingerprint density at radius 1 is 1.29 bits per heavy atom. The number of nitrogens with one attached hydrogen (secondary N) is 1. The van der Waals surface area contributed by atoms with Gasteiger partial charge in [0.15, 0.2) is 0 Å². The first-order valence-electron chi connectivity index (χ1n) is 7.74. The lowest BCUT2D eigenvalue weighted by Gasteiger charge is -2.33. The van der Waals surface area contributed by atoms with Gasteiger partial charge < -0.3 is 0 Å². The van der Waals surface area contributed by atoms with Crippen molar-refractivity contribution < 1.29 is 22.8 Å². The third kappa shape index (κ3) is 4.52. The van der Waals surface area contributed by atoms with Crippen molar-refractivity contribution in [3.8, 4) is 0 Å². The number of carbonyl (C=O) groups excluding carboxylic acids is 1. The molecule has 8 heteroatoms. The van der Waals surface area contributed by atoms with Gasteiger partial charge in [0.2, 0.25) is 10.0 Å². The summed E-state index contributed by atoms with van der Waals surface area (Å²) < 4.78 is 40.6. The lowest BCUT2D eigenvalue weighted by atomic mass is 10.0. The van der Waals surface area contributed by atoms with Crippen LogP contribution in [-0.4, -0.2) is 36.4 Å². The zero-order chi connectivity index (χ0) is 18.7. The molecule has 0 aliphatic heterocycles. The van der Waals surface area contributed by atoms with Crippen LogP contribution in [-0.2, 0) is 14.8 Å². The normalized spacial score (nSPS) is 13.6. The van der Waals surface area contributed by atoms with E-state index in [-0.39, 0.29) is 28.8 Å². The van der Waals surface area contributed by atoms with E-state index < -0.39 is 27.8 Å². The van der Waals surface area contributed by atoms with Gasteiger partial charge in [-0.15, -0.1) is 0 Å². The van der Waals surface area contributed by atoms with Crippen LogP contribution in [0.3, 0.4) is 0 Å². The second kappa shape index (κ2) is 8.04. The Morgan fingerprint density at radius 2 is 1.88 bits per heavy atom. The first kappa shape index (κ1) is 20.5. The van der Waals surface area contributed by atoms with Gasteiger partial charge in [0.25, 0.3) is 5.91 Å². The van der Waals surface area contributed by atoms with Crippen LogP contribution in [0.15, 0.2) is 23.1 Å². The smallest absolute Gasteiger partial charge is 0.262 e. The largest absolute Gasteiger partial charge is 0.289 e. The molecular weight excluding hydrogens is 335 g/mol. The van der Waals surface area contributed by atoms with Crippen LogP contribution in [0.5, 0.6) is 0 Å². The monoisotopic (exact) mass is 360 g/mol. The van der Waals surface area contributed by atoms with E-state index in [2.05, 4.69) is 0 Å². The summed E-state index contributed by atoms with van der Waals surface area (Å²) in [4.78, 5) is 12.0. The summed E-state index contributed by atoms with van der Waals surface area (Å²) in [5, 5.41) is 8.98. The second-order valence-electron chi connectivity index (χ2n) is 6.54. The predicted octanol–water partition coefficient (Wildman–Crippen LogP) is 2.31. The number of benzene rings is 1. The second-order valence-corrected chi connectivity index (χ2v) is 8.44. The predicted molar refractivity (Wildman–Crippen MR) is 88.4 cm³/mol. The molecule has 1 amide bonds. The fourth-order valence-corrected chi connectivity index (χ4v) is 4.44. The van der Waals surface area contributed by atoms with E-state index in [9.17, 15) is 17.6 Å². The summed E-state index contributed by atoms with van der Waals surface area (Å²) in [6, 6.07) is 2.44. The highest BCUT2D eigenvalue weighted by Crippen LogP contribution is 2.25. The van der Waals surface area contributed by atoms with Crippen molar-refractivity contribution in [3.05, 3.63) is 29.6 Å². The molecule has 0 spiro atoms. The fourth-order valence-electron chi connectivity index (χ4n) is 2.47. The van der Waals surface area contributed by atoms with Crippen molar-refractivity contribution in [1.82, 2.24) is 9.79 Å². The molecule has 6 nitrogen and oxygen atoms in total. The van der Waals surface area contributed by atoms with Crippen LogP contribution in [0.25, 0.3) is 0 Å². The van der Waals surface area contributed by atoms with Crippen molar-refractivity contribution >= 4 is 15.9 Å². The van der Waals surface area contributed by atoms with E-state index >= 15 is 0 Å². The van der Waals surface area contributed by atoms with Gasteiger partial charge in [0, 0.05) is 6.54 Å². The zero-order valence-electron chi connectivity index (χ0n) is 14.6. The molecule has 0 aliphatic carbocycles. The molecule has 0 aliphatic rings. The van der Waals surface area contributed by atoms with E-state index in [0.29, 0.717) is 0 Å². The van der Waals surface area contributed by atoms with Crippen LogP contribution in [0.1, 0.15) is 33.3 Å². The highest BCUT2D eigenvalue weighted by Gasteiger charge is 2.38. The maximum absolute atomic E-state index is 13.5. The molecule has 0 unspecified atom stereocenters. The van der Waals surface area contributed by atoms with E-state index in [1.165, 1.54) is 24.5 Å². The molecule has 0 saturated carbocycles. The maximum Gasteiger partial charge on any atom is 0.262 e. The van der Waals surface area contributed by atoms with E-state index in [1.54, 1.807) is 13.8 Å². The number of hydrogen-bond acceptors (Lipinski definition) is 4. The molecular formula is C16H25FN2O4S. The van der Waals surface area contributed by atoms with Crippen LogP contribution >= 0.6 is 0 Å². The topological polar surface area (TPSA) is 86.7 Å². The van der Waals surface area contributed by atoms with Crippen molar-refractivity contribution in [1.29, 1.82) is 0 Å². The van der Waals surface area contributed by atoms with Gasteiger partial charge in [-0.05, 0) is 42.5 Å². The summed E-state index contributed by atoms with van der Waals surface area (Å²) in [7, 11) is -4.04. The van der Waals surface area contributed by atoms with Crippen LogP contribution < -0.4 is 5.48 Å². The minimum Gasteiger partial charge on any atom is -0.289 e. The van der Waals surface area contributed by atoms with E-state index in [4.69, 9.17) is 5.21 Å². The van der Waals surface area contributed by atoms with Crippen LogP contribution in [0, 0.1) is 24.6 Å². The quantitative estimate of drug-likeness (QED) is 0.577. The molecule has 0 fully saturated rings. The molecule has 0 heterocycles. The fraction of sp³-hybridized carbons (Fsp3) is 0.562. The first-order valence-corrected chi connectivity index (χ1v) is 9.18. The Labute approximate surface area is 142 Å². The molecule has 1 atom stereocenters. The number of halogens is 1. The Hall–Kier alpha value is -1.51. The number of hydroxylamine groups is 1. The third-order valence-electron chi connectivity index (χ3n) is 3.60. The molecule has 1 aromatic rings. The lowest BCUT2D eigenvalue weighted by Crippen LogP contribution is -2.52. The summed E-state index contributed by atoms with van der Waals surface area (Å²) >= 11 is 0. The van der Waals surface area contributed by atoms with Crippen LogP contribution in [0.2, 0.25) is 0 Å².